The molecule has 2 N–H and O–H groups in total. The number of piperazine rings is 1. The number of nitrogens with zero attached hydrogens (tertiary/aromatic N) is 6. The van der Waals surface area contributed by atoms with Gasteiger partial charge in [-0.05, 0) is 24.3 Å². The normalized spacial score (nSPS) is 19.6. The van der Waals surface area contributed by atoms with E-state index in [-0.39, 0.29) is 28.2 Å². The number of carbonyl (C=O) groups excluding carboxylic acids is 2. The lowest BCUT2D eigenvalue weighted by Gasteiger charge is -2.38. The van der Waals surface area contributed by atoms with Crippen LogP contribution in [0.5, 0.6) is 0 Å². The van der Waals surface area contributed by atoms with Crippen LogP contribution in [-0.4, -0.2) is 94.6 Å². The predicted molar refractivity (Wildman–Crippen MR) is 179 cm³/mol. The van der Waals surface area contributed by atoms with Gasteiger partial charge in [-0.15, -0.1) is 22.7 Å². The van der Waals surface area contributed by atoms with E-state index in [1.807, 2.05) is 15.7 Å². The lowest BCUT2D eigenvalue weighted by Crippen LogP contribution is -2.53. The van der Waals surface area contributed by atoms with Crippen LogP contribution in [0.4, 0.5) is 14.3 Å². The third-order valence-electron chi connectivity index (χ3n) is 8.37. The first kappa shape index (κ1) is 31.9. The fourth-order valence-electron chi connectivity index (χ4n) is 6.10. The van der Waals surface area contributed by atoms with Crippen molar-refractivity contribution in [2.75, 3.05) is 44.7 Å². The van der Waals surface area contributed by atoms with E-state index >= 15 is 0 Å². The summed E-state index contributed by atoms with van der Waals surface area (Å²) < 4.78 is 19.2. The third-order valence-corrected chi connectivity index (χ3v) is 10.3. The number of methoxy groups -OCH3 is 1. The number of esters is 1. The van der Waals surface area contributed by atoms with E-state index in [0.717, 1.165) is 0 Å². The van der Waals surface area contributed by atoms with E-state index in [4.69, 9.17) is 21.3 Å². The van der Waals surface area contributed by atoms with Crippen LogP contribution in [-0.2, 0) is 9.53 Å². The molecular weight excluding hydrogens is 681 g/mol. The minimum absolute atomic E-state index is 0.128. The zero-order chi connectivity index (χ0) is 33.5. The number of thiazole rings is 2. The Hall–Kier alpha value is -4.70. The number of carbonyl (C=O) groups is 3. The molecule has 2 fully saturated rings. The van der Waals surface area contributed by atoms with Crippen LogP contribution in [0.1, 0.15) is 27.0 Å². The monoisotopic (exact) mass is 707 g/mol. The van der Waals surface area contributed by atoms with Crippen molar-refractivity contribution in [2.24, 2.45) is 4.99 Å². The van der Waals surface area contributed by atoms with E-state index in [0.29, 0.717) is 71.2 Å². The average Bonchev–Trinajstić information content (AvgIpc) is 3.85. The number of carboxylic acids is 1. The minimum atomic E-state index is -1.03. The van der Waals surface area contributed by atoms with Gasteiger partial charge in [-0.2, -0.15) is 0 Å². The highest BCUT2D eigenvalue weighted by atomic mass is 35.5. The van der Waals surface area contributed by atoms with Gasteiger partial charge < -0.3 is 20.1 Å². The van der Waals surface area contributed by atoms with Crippen LogP contribution in [0.25, 0.3) is 11.3 Å². The second-order valence-corrected chi connectivity index (χ2v) is 13.4. The molecule has 12 nitrogen and oxygen atoms in total. The number of hydrogen-bond donors (Lipinski definition) is 2. The highest BCUT2D eigenvalue weighted by molar-refractivity contribution is 7.14. The molecule has 0 bridgehead atoms. The number of halogens is 2. The van der Waals surface area contributed by atoms with E-state index in [9.17, 15) is 23.9 Å². The van der Waals surface area contributed by atoms with Crippen LogP contribution in [0.2, 0.25) is 5.02 Å². The first-order chi connectivity index (χ1) is 23.2. The van der Waals surface area contributed by atoms with Gasteiger partial charge in [0, 0.05) is 65.0 Å². The Labute approximate surface area is 286 Å². The van der Waals surface area contributed by atoms with Crippen molar-refractivity contribution in [3.05, 3.63) is 97.7 Å². The second-order valence-electron chi connectivity index (χ2n) is 11.3. The Bertz CT molecular complexity index is 1980. The Morgan fingerprint density at radius 3 is 2.77 bits per heavy atom. The molecule has 0 aliphatic carbocycles. The lowest BCUT2D eigenvalue weighted by molar-refractivity contribution is -0.136. The number of hydrogen-bond acceptors (Lipinski definition) is 11. The summed E-state index contributed by atoms with van der Waals surface area (Å²) in [5, 5.41) is 17.6. The molecule has 4 aromatic rings. The van der Waals surface area contributed by atoms with Gasteiger partial charge in [-0.1, -0.05) is 29.8 Å². The van der Waals surface area contributed by atoms with Gasteiger partial charge in [0.05, 0.1) is 36.5 Å². The highest BCUT2D eigenvalue weighted by Gasteiger charge is 2.43. The van der Waals surface area contributed by atoms with Crippen molar-refractivity contribution in [3.8, 4) is 11.3 Å². The molecule has 0 radical (unpaired) electrons. The van der Waals surface area contributed by atoms with Gasteiger partial charge in [0.15, 0.2) is 16.0 Å². The smallest absolute Gasteiger partial charge is 0.338 e. The summed E-state index contributed by atoms with van der Waals surface area (Å²) >= 11 is 9.19. The van der Waals surface area contributed by atoms with Crippen molar-refractivity contribution in [3.63, 3.8) is 0 Å². The Morgan fingerprint density at radius 2 is 2.02 bits per heavy atom. The molecule has 0 saturated carbocycles. The molecule has 2 aromatic heterocycles. The lowest BCUT2D eigenvalue weighted by atomic mass is 9.95. The van der Waals surface area contributed by atoms with Crippen LogP contribution in [0.15, 0.2) is 75.7 Å². The summed E-state index contributed by atoms with van der Waals surface area (Å²) in [6.07, 6.45) is 1.66. The number of amidine groups is 1. The van der Waals surface area contributed by atoms with Gasteiger partial charge in [0.25, 0.3) is 0 Å². The quantitative estimate of drug-likeness (QED) is 0.245. The number of carboxylic acid groups (broad SMARTS) is 1. The average molecular weight is 708 g/mol. The zero-order valence-corrected chi connectivity index (χ0v) is 27.7. The largest absolute Gasteiger partial charge is 0.478 e. The maximum absolute atomic E-state index is 14.0. The van der Waals surface area contributed by atoms with Crippen molar-refractivity contribution >= 4 is 63.2 Å². The molecule has 3 aliphatic heterocycles. The Morgan fingerprint density at radius 1 is 1.17 bits per heavy atom. The number of urea groups is 1. The first-order valence-corrected chi connectivity index (χ1v) is 16.9. The number of fused-ring (bicyclic) bond motifs is 1. The van der Waals surface area contributed by atoms with Crippen molar-refractivity contribution < 1.29 is 28.6 Å². The summed E-state index contributed by atoms with van der Waals surface area (Å²) in [5.41, 5.74) is 2.66. The topological polar surface area (TPSA) is 141 Å². The first-order valence-electron chi connectivity index (χ1n) is 14.8. The van der Waals surface area contributed by atoms with Gasteiger partial charge >= 0.3 is 18.0 Å². The molecule has 16 heteroatoms. The number of anilines is 1. The summed E-state index contributed by atoms with van der Waals surface area (Å²) in [6, 6.07) is 9.34. The molecule has 2 atom stereocenters. The molecule has 7 rings (SSSR count). The minimum Gasteiger partial charge on any atom is -0.478 e. The highest BCUT2D eigenvalue weighted by Crippen LogP contribution is 2.38. The van der Waals surface area contributed by atoms with Crippen molar-refractivity contribution in [2.45, 2.75) is 12.1 Å². The molecule has 0 unspecified atom stereocenters. The SMILES string of the molecule is COC(=O)C1=C(CN2CCN3C(=O)N(c4nc(-c5cccc(C(=O)O)c5)cs4)C[C@@H]3C2)NC(c2nccs2)=N[C@H]1c1ccc(F)cc1Cl. The second kappa shape index (κ2) is 13.1. The number of aliphatic imine (C=N–C) groups is 1. The number of aromatic carboxylic acids is 1. The van der Waals surface area contributed by atoms with Crippen LogP contribution < -0.4 is 10.2 Å². The van der Waals surface area contributed by atoms with Gasteiger partial charge in [-0.25, -0.2) is 28.7 Å². The number of nitrogens with one attached hydrogen (secondary N) is 1. The fraction of sp³-hybridized carbons (Fsp3) is 0.250. The van der Waals surface area contributed by atoms with E-state index in [2.05, 4.69) is 20.2 Å². The van der Waals surface area contributed by atoms with Crippen LogP contribution in [0.3, 0.4) is 0 Å². The summed E-state index contributed by atoms with van der Waals surface area (Å²) in [6.45, 7) is 2.23. The van der Waals surface area contributed by atoms with Crippen molar-refractivity contribution in [1.82, 2.24) is 25.1 Å². The maximum Gasteiger partial charge on any atom is 0.338 e. The van der Waals surface area contributed by atoms with Gasteiger partial charge in [-0.3, -0.25) is 14.8 Å². The number of amides is 2. The Balaban J connectivity index is 1.14. The van der Waals surface area contributed by atoms with E-state index < -0.39 is 23.8 Å². The molecule has 246 valence electrons. The van der Waals surface area contributed by atoms with Crippen LogP contribution in [0, 0.1) is 5.82 Å². The summed E-state index contributed by atoms with van der Waals surface area (Å²) in [5.74, 6) is -1.68. The molecule has 2 amide bonds. The fourth-order valence-corrected chi connectivity index (χ4v) is 7.79. The van der Waals surface area contributed by atoms with Gasteiger partial charge in [0.1, 0.15) is 11.9 Å². The molecule has 5 heterocycles. The van der Waals surface area contributed by atoms with Crippen molar-refractivity contribution in [1.29, 1.82) is 0 Å². The molecule has 48 heavy (non-hydrogen) atoms. The number of ether oxygens (including phenoxy) is 1. The summed E-state index contributed by atoms with van der Waals surface area (Å²) in [7, 11) is 1.29. The molecule has 2 aromatic carbocycles. The molecule has 3 aliphatic rings. The third kappa shape index (κ3) is 6.05. The number of benzene rings is 2. The van der Waals surface area contributed by atoms with E-state index in [1.54, 1.807) is 29.3 Å². The standard InChI is InChI=1S/C32H27ClFN7O5S2/c1-46-30(44)25-23(36-27(28-35-7-10-47-28)38-26(25)21-6-5-19(34)12-22(21)33)15-39-8-9-40-20(13-39)14-41(32(40)45)31-37-24(16-48-31)17-3-2-4-18(11-17)29(42)43/h2-7,10-12,16,20,26H,8-9,13-15H2,1H3,(H,36,38)(H,42,43)/t20-,26-/m0/s1. The van der Waals surface area contributed by atoms with Crippen LogP contribution >= 0.6 is 34.3 Å². The maximum atomic E-state index is 14.0. The Kier molecular flexibility index (Phi) is 8.68. The number of aromatic nitrogens is 2. The zero-order valence-electron chi connectivity index (χ0n) is 25.3. The summed E-state index contributed by atoms with van der Waals surface area (Å²) in [4.78, 5) is 57.8. The molecular formula is C32H27ClFN7O5S2. The van der Waals surface area contributed by atoms with E-state index in [1.165, 1.54) is 54.0 Å². The number of rotatable bonds is 8. The molecule has 2 saturated heterocycles. The van der Waals surface area contributed by atoms with Gasteiger partial charge in [0.2, 0.25) is 0 Å². The molecule has 0 spiro atoms. The predicted octanol–water partition coefficient (Wildman–Crippen LogP) is 4.90.